The lowest BCUT2D eigenvalue weighted by Crippen LogP contribution is -2.39. The van der Waals surface area contributed by atoms with E-state index in [1.165, 1.54) is 6.39 Å². The van der Waals surface area contributed by atoms with Gasteiger partial charge in [-0.1, -0.05) is 21.1 Å². The van der Waals surface area contributed by atoms with Gasteiger partial charge in [0.05, 0.1) is 6.04 Å². The first kappa shape index (κ1) is 13.1. The average molecular weight is 338 g/mol. The van der Waals surface area contributed by atoms with Gasteiger partial charge in [0.1, 0.15) is 5.75 Å². The Labute approximate surface area is 123 Å². The number of halogens is 1. The number of carbonyl (C=O) groups is 1. The van der Waals surface area contributed by atoms with Crippen LogP contribution in [0.15, 0.2) is 33.6 Å². The molecule has 1 aliphatic rings. The molecule has 0 radical (unpaired) electrons. The van der Waals surface area contributed by atoms with Crippen molar-refractivity contribution in [3.8, 4) is 5.75 Å². The second kappa shape index (κ2) is 5.24. The number of nitrogens with zero attached hydrogens (tertiary/aromatic N) is 2. The standard InChI is InChI=1S/C13H12BrN3O3/c1-7(12-15-6-19-17-12)16-13(18)11-5-8-4-9(14)2-3-10(8)20-11/h2-4,6-7,11H,5H2,1H3,(H,16,18)/t7-,11-/m0/s1. The molecule has 2 heterocycles. The molecule has 2 aromatic rings. The molecule has 7 heteroatoms. The van der Waals surface area contributed by atoms with Gasteiger partial charge in [0.2, 0.25) is 6.39 Å². The Hall–Kier alpha value is -1.89. The van der Waals surface area contributed by atoms with Crippen molar-refractivity contribution in [2.75, 3.05) is 0 Å². The molecule has 1 aliphatic heterocycles. The number of aromatic nitrogens is 2. The highest BCUT2D eigenvalue weighted by molar-refractivity contribution is 9.10. The van der Waals surface area contributed by atoms with Gasteiger partial charge in [0.25, 0.3) is 5.91 Å². The zero-order valence-electron chi connectivity index (χ0n) is 10.7. The molecule has 0 saturated carbocycles. The van der Waals surface area contributed by atoms with Crippen molar-refractivity contribution < 1.29 is 14.1 Å². The first-order valence-electron chi connectivity index (χ1n) is 6.15. The zero-order chi connectivity index (χ0) is 14.1. The topological polar surface area (TPSA) is 77.2 Å². The summed E-state index contributed by atoms with van der Waals surface area (Å²) in [5, 5.41) is 6.51. The van der Waals surface area contributed by atoms with Crippen LogP contribution in [0.1, 0.15) is 24.4 Å². The third-order valence-electron chi connectivity index (χ3n) is 3.11. The Morgan fingerprint density at radius 1 is 1.55 bits per heavy atom. The number of amides is 1. The van der Waals surface area contributed by atoms with E-state index in [0.717, 1.165) is 15.8 Å². The highest BCUT2D eigenvalue weighted by atomic mass is 79.9. The lowest BCUT2D eigenvalue weighted by atomic mass is 10.1. The summed E-state index contributed by atoms with van der Waals surface area (Å²) in [6.45, 7) is 1.79. The molecule has 1 N–H and O–H groups in total. The average Bonchev–Trinajstić information content (AvgIpc) is 3.07. The first-order valence-corrected chi connectivity index (χ1v) is 6.94. The van der Waals surface area contributed by atoms with E-state index in [4.69, 9.17) is 4.74 Å². The van der Waals surface area contributed by atoms with Crippen LogP contribution in [-0.4, -0.2) is 22.2 Å². The summed E-state index contributed by atoms with van der Waals surface area (Å²) in [6, 6.07) is 5.39. The van der Waals surface area contributed by atoms with Gasteiger partial charge in [-0.25, -0.2) is 0 Å². The molecule has 1 aromatic heterocycles. The molecule has 6 nitrogen and oxygen atoms in total. The maximum atomic E-state index is 12.2. The van der Waals surface area contributed by atoms with E-state index in [1.54, 1.807) is 6.92 Å². The van der Waals surface area contributed by atoms with Gasteiger partial charge in [-0.3, -0.25) is 4.79 Å². The lowest BCUT2D eigenvalue weighted by molar-refractivity contribution is -0.127. The van der Waals surface area contributed by atoms with Crippen LogP contribution >= 0.6 is 15.9 Å². The van der Waals surface area contributed by atoms with Crippen molar-refractivity contribution in [1.82, 2.24) is 15.5 Å². The van der Waals surface area contributed by atoms with Crippen molar-refractivity contribution in [2.45, 2.75) is 25.5 Å². The fourth-order valence-electron chi connectivity index (χ4n) is 2.10. The third-order valence-corrected chi connectivity index (χ3v) is 3.61. The van der Waals surface area contributed by atoms with E-state index in [9.17, 15) is 4.79 Å². The molecule has 0 bridgehead atoms. The van der Waals surface area contributed by atoms with Gasteiger partial charge >= 0.3 is 0 Å². The maximum absolute atomic E-state index is 12.2. The van der Waals surface area contributed by atoms with E-state index in [-0.39, 0.29) is 11.9 Å². The van der Waals surface area contributed by atoms with Crippen molar-refractivity contribution >= 4 is 21.8 Å². The number of rotatable bonds is 3. The summed E-state index contributed by atoms with van der Waals surface area (Å²) in [7, 11) is 0. The Bertz CT molecular complexity index is 630. The Morgan fingerprint density at radius 3 is 3.15 bits per heavy atom. The van der Waals surface area contributed by atoms with Crippen LogP contribution in [0.25, 0.3) is 0 Å². The molecule has 0 saturated heterocycles. The van der Waals surface area contributed by atoms with Crippen molar-refractivity contribution in [3.63, 3.8) is 0 Å². The van der Waals surface area contributed by atoms with Crippen LogP contribution in [0.3, 0.4) is 0 Å². The minimum atomic E-state index is -0.520. The zero-order valence-corrected chi connectivity index (χ0v) is 12.3. The number of ether oxygens (including phenoxy) is 1. The van der Waals surface area contributed by atoms with E-state index >= 15 is 0 Å². The fraction of sp³-hybridized carbons (Fsp3) is 0.308. The molecular formula is C13H12BrN3O3. The molecule has 20 heavy (non-hydrogen) atoms. The second-order valence-electron chi connectivity index (χ2n) is 4.58. The molecule has 0 fully saturated rings. The summed E-state index contributed by atoms with van der Waals surface area (Å²) in [6.07, 6.45) is 1.27. The van der Waals surface area contributed by atoms with Gasteiger partial charge in [-0.2, -0.15) is 4.98 Å². The van der Waals surface area contributed by atoms with Gasteiger partial charge in [0, 0.05) is 10.9 Å². The van der Waals surface area contributed by atoms with E-state index in [0.29, 0.717) is 12.2 Å². The summed E-state index contributed by atoms with van der Waals surface area (Å²) in [5.74, 6) is 1.01. The normalized spacial score (nSPS) is 18.2. The minimum absolute atomic E-state index is 0.186. The highest BCUT2D eigenvalue weighted by Gasteiger charge is 2.30. The van der Waals surface area contributed by atoms with Crippen LogP contribution in [0.4, 0.5) is 0 Å². The van der Waals surface area contributed by atoms with Crippen LogP contribution in [0.2, 0.25) is 0 Å². The predicted molar refractivity (Wildman–Crippen MR) is 73.1 cm³/mol. The third kappa shape index (κ3) is 2.53. The monoisotopic (exact) mass is 337 g/mol. The molecule has 0 unspecified atom stereocenters. The van der Waals surface area contributed by atoms with Crippen LogP contribution in [0.5, 0.6) is 5.75 Å². The van der Waals surface area contributed by atoms with E-state index in [2.05, 4.69) is 35.9 Å². The van der Waals surface area contributed by atoms with Crippen molar-refractivity contribution in [2.24, 2.45) is 0 Å². The Balaban J connectivity index is 1.65. The molecule has 1 amide bonds. The van der Waals surface area contributed by atoms with Gasteiger partial charge in [0.15, 0.2) is 11.9 Å². The molecule has 3 rings (SSSR count). The number of hydrogen-bond acceptors (Lipinski definition) is 5. The molecule has 1 aromatic carbocycles. The van der Waals surface area contributed by atoms with Crippen LogP contribution in [0, 0.1) is 0 Å². The Kier molecular flexibility index (Phi) is 3.43. The van der Waals surface area contributed by atoms with Gasteiger partial charge in [-0.05, 0) is 30.7 Å². The number of hydrogen-bond donors (Lipinski definition) is 1. The predicted octanol–water partition coefficient (Wildman–Crippen LogP) is 2.01. The number of fused-ring (bicyclic) bond motifs is 1. The van der Waals surface area contributed by atoms with Crippen molar-refractivity contribution in [3.05, 3.63) is 40.5 Å². The van der Waals surface area contributed by atoms with Crippen LogP contribution in [-0.2, 0) is 11.2 Å². The summed E-state index contributed by atoms with van der Waals surface area (Å²) < 4.78 is 11.3. The first-order chi connectivity index (χ1) is 9.63. The number of benzene rings is 1. The molecule has 0 aliphatic carbocycles. The maximum Gasteiger partial charge on any atom is 0.262 e. The summed E-state index contributed by atoms with van der Waals surface area (Å²) in [4.78, 5) is 16.1. The lowest BCUT2D eigenvalue weighted by Gasteiger charge is -2.14. The number of nitrogens with one attached hydrogen (secondary N) is 1. The second-order valence-corrected chi connectivity index (χ2v) is 5.50. The highest BCUT2D eigenvalue weighted by Crippen LogP contribution is 2.31. The quantitative estimate of drug-likeness (QED) is 0.926. The molecular weight excluding hydrogens is 326 g/mol. The largest absolute Gasteiger partial charge is 0.480 e. The van der Waals surface area contributed by atoms with Gasteiger partial charge in [-0.15, -0.1) is 0 Å². The molecule has 0 spiro atoms. The van der Waals surface area contributed by atoms with Crippen molar-refractivity contribution in [1.29, 1.82) is 0 Å². The Morgan fingerprint density at radius 2 is 2.40 bits per heavy atom. The van der Waals surface area contributed by atoms with Gasteiger partial charge < -0.3 is 14.6 Å². The molecule has 2 atom stereocenters. The summed E-state index contributed by atoms with van der Waals surface area (Å²) in [5.41, 5.74) is 1.02. The summed E-state index contributed by atoms with van der Waals surface area (Å²) >= 11 is 3.41. The smallest absolute Gasteiger partial charge is 0.262 e. The molecule has 104 valence electrons. The minimum Gasteiger partial charge on any atom is -0.480 e. The SMILES string of the molecule is C[C@H](NC(=O)[C@@H]1Cc2cc(Br)ccc2O1)c1ncon1. The van der Waals surface area contributed by atoms with Crippen LogP contribution < -0.4 is 10.1 Å². The van der Waals surface area contributed by atoms with E-state index in [1.807, 2.05) is 18.2 Å². The van der Waals surface area contributed by atoms with E-state index < -0.39 is 6.10 Å². The number of carbonyl (C=O) groups excluding carboxylic acids is 1. The fourth-order valence-corrected chi connectivity index (χ4v) is 2.51.